The van der Waals surface area contributed by atoms with Gasteiger partial charge in [-0.25, -0.2) is 10.1 Å². The summed E-state index contributed by atoms with van der Waals surface area (Å²) in [5.41, 5.74) is 4.36. The highest BCUT2D eigenvalue weighted by molar-refractivity contribution is 6.35. The average Bonchev–Trinajstić information content (AvgIpc) is 2.55. The number of likely N-dealkylation sites (N-methyl/N-ethyl adjacent to an activating group) is 1. The topological polar surface area (TPSA) is 40.2 Å². The number of primary amides is 1. The molecule has 2 amide bonds. The Labute approximate surface area is 158 Å². The largest absolute Gasteiger partial charge is 0.420 e. The molecule has 0 radical (unpaired) electrons. The standard InChI is InChI=1S/C19H21Cl2N3O/c1-23(2)19(25)22-14-6-4-5-12(7-14)16-10-24(3)11-17-15(16)8-13(20)9-18(17)21/h4-9,16H,10-11H2,1-3H3,(H,22,25)/p+1. The van der Waals surface area contributed by atoms with Gasteiger partial charge in [-0.2, -0.15) is 0 Å². The number of carbonyl (C=O) groups is 1. The summed E-state index contributed by atoms with van der Waals surface area (Å²) in [6.45, 7) is 1.70. The van der Waals surface area contributed by atoms with E-state index in [9.17, 15) is 4.79 Å². The van der Waals surface area contributed by atoms with Crippen molar-refractivity contribution in [1.82, 2.24) is 9.80 Å². The van der Waals surface area contributed by atoms with Gasteiger partial charge in [-0.15, -0.1) is 0 Å². The van der Waals surface area contributed by atoms with E-state index >= 15 is 0 Å². The van der Waals surface area contributed by atoms with Gasteiger partial charge in [0.15, 0.2) is 0 Å². The second kappa shape index (κ2) is 7.34. The molecule has 1 heterocycles. The molecule has 25 heavy (non-hydrogen) atoms. The number of nitrogens with two attached hydrogens (primary N) is 1. The Hall–Kier alpha value is -1.59. The van der Waals surface area contributed by atoms with Crippen LogP contribution < -0.4 is 5.32 Å². The van der Waals surface area contributed by atoms with Gasteiger partial charge in [-0.05, 0) is 41.9 Å². The quantitative estimate of drug-likeness (QED) is 0.812. The smallest absolute Gasteiger partial charge is 0.301 e. The number of fused-ring (bicyclic) bond motifs is 1. The van der Waals surface area contributed by atoms with E-state index in [0.29, 0.717) is 10.0 Å². The molecule has 0 saturated carbocycles. The summed E-state index contributed by atoms with van der Waals surface area (Å²) in [7, 11) is 5.59. The van der Waals surface area contributed by atoms with Crippen molar-refractivity contribution >= 4 is 34.9 Å². The van der Waals surface area contributed by atoms with E-state index in [4.69, 9.17) is 23.2 Å². The van der Waals surface area contributed by atoms with E-state index in [1.807, 2.05) is 18.2 Å². The van der Waals surface area contributed by atoms with Gasteiger partial charge < -0.3 is 4.90 Å². The predicted octanol–water partition coefficient (Wildman–Crippen LogP) is 3.45. The molecule has 0 fully saturated rings. The first kappa shape index (κ1) is 18.2. The second-order valence-corrected chi connectivity index (χ2v) is 7.60. The lowest BCUT2D eigenvalue weighted by Crippen LogP contribution is -2.84. The third kappa shape index (κ3) is 3.98. The number of nitrogens with zero attached hydrogens (tertiary/aromatic N) is 2. The van der Waals surface area contributed by atoms with Crippen molar-refractivity contribution in [2.45, 2.75) is 12.5 Å². The van der Waals surface area contributed by atoms with Crippen molar-refractivity contribution in [3.05, 3.63) is 63.1 Å². The highest BCUT2D eigenvalue weighted by Gasteiger charge is 2.27. The summed E-state index contributed by atoms with van der Waals surface area (Å²) in [4.78, 5) is 15.8. The first-order chi connectivity index (χ1) is 11.8. The Morgan fingerprint density at radius 1 is 1.24 bits per heavy atom. The second-order valence-electron chi connectivity index (χ2n) is 6.75. The van der Waals surface area contributed by atoms with E-state index < -0.39 is 0 Å². The highest BCUT2D eigenvalue weighted by atomic mass is 35.5. The van der Waals surface area contributed by atoms with Gasteiger partial charge in [0.1, 0.15) is 5.69 Å². The van der Waals surface area contributed by atoms with Gasteiger partial charge in [-0.1, -0.05) is 35.3 Å². The molecule has 0 aliphatic carbocycles. The van der Waals surface area contributed by atoms with Crippen LogP contribution in [0.2, 0.25) is 10.0 Å². The van der Waals surface area contributed by atoms with Crippen LogP contribution in [0.3, 0.4) is 0 Å². The van der Waals surface area contributed by atoms with E-state index in [1.165, 1.54) is 5.56 Å². The summed E-state index contributed by atoms with van der Waals surface area (Å²) in [5.74, 6) is 0.174. The third-order valence-corrected chi connectivity index (χ3v) is 5.09. The van der Waals surface area contributed by atoms with Crippen molar-refractivity contribution in [1.29, 1.82) is 0 Å². The number of hydrogen-bond donors (Lipinski definition) is 1. The zero-order valence-corrected chi connectivity index (χ0v) is 16.1. The first-order valence-electron chi connectivity index (χ1n) is 8.17. The van der Waals surface area contributed by atoms with E-state index in [2.05, 4.69) is 24.1 Å². The Morgan fingerprint density at radius 3 is 2.72 bits per heavy atom. The summed E-state index contributed by atoms with van der Waals surface area (Å²) in [6.07, 6.45) is 0. The molecule has 0 bridgehead atoms. The zero-order valence-electron chi connectivity index (χ0n) is 14.6. The van der Waals surface area contributed by atoms with Gasteiger partial charge >= 0.3 is 6.03 Å². The van der Waals surface area contributed by atoms with Crippen LogP contribution in [0, 0.1) is 0 Å². The number of urea groups is 1. The van der Waals surface area contributed by atoms with Crippen LogP contribution in [0.15, 0.2) is 36.4 Å². The maximum absolute atomic E-state index is 12.0. The lowest BCUT2D eigenvalue weighted by Gasteiger charge is -2.33. The van der Waals surface area contributed by atoms with Crippen molar-refractivity contribution in [2.75, 3.05) is 27.7 Å². The number of rotatable bonds is 2. The maximum atomic E-state index is 12.0. The SMILES string of the molecule is CN1Cc2c(Cl)cc(Cl)cc2C(c2cccc([NH2+]C(=O)N(C)C)c2)C1. The van der Waals surface area contributed by atoms with Crippen LogP contribution in [0.4, 0.5) is 10.5 Å². The Balaban J connectivity index is 1.99. The Kier molecular flexibility index (Phi) is 5.35. The van der Waals surface area contributed by atoms with Crippen molar-refractivity contribution in [3.8, 4) is 0 Å². The fourth-order valence-corrected chi connectivity index (χ4v) is 3.84. The minimum Gasteiger partial charge on any atom is -0.301 e. The van der Waals surface area contributed by atoms with Crippen molar-refractivity contribution < 1.29 is 10.1 Å². The molecule has 3 rings (SSSR count). The molecule has 1 aliphatic heterocycles. The van der Waals surface area contributed by atoms with Gasteiger partial charge in [-0.3, -0.25) is 4.90 Å². The lowest BCUT2D eigenvalue weighted by atomic mass is 9.84. The van der Waals surface area contributed by atoms with E-state index in [0.717, 1.165) is 29.9 Å². The number of hydrogen-bond acceptors (Lipinski definition) is 2. The summed E-state index contributed by atoms with van der Waals surface area (Å²) in [6, 6.07) is 11.9. The fourth-order valence-electron chi connectivity index (χ4n) is 3.27. The molecular formula is C19H22Cl2N3O+. The molecule has 1 atom stereocenters. The van der Waals surface area contributed by atoms with Crippen molar-refractivity contribution in [3.63, 3.8) is 0 Å². The zero-order chi connectivity index (χ0) is 18.1. The molecule has 1 unspecified atom stereocenters. The minimum absolute atomic E-state index is 0.0237. The molecule has 2 N–H and O–H groups in total. The number of carbonyl (C=O) groups excluding carboxylic acids is 1. The van der Waals surface area contributed by atoms with Gasteiger partial charge in [0.25, 0.3) is 0 Å². The molecule has 1 aliphatic rings. The predicted molar refractivity (Wildman–Crippen MR) is 102 cm³/mol. The maximum Gasteiger partial charge on any atom is 0.420 e. The Bertz CT molecular complexity index is 807. The minimum atomic E-state index is -0.0237. The van der Waals surface area contributed by atoms with Crippen LogP contribution in [-0.4, -0.2) is 43.5 Å². The lowest BCUT2D eigenvalue weighted by molar-refractivity contribution is -0.471. The third-order valence-electron chi connectivity index (χ3n) is 4.54. The number of halogens is 2. The normalized spacial score (nSPS) is 17.2. The fraction of sp³-hybridized carbons (Fsp3) is 0.316. The van der Waals surface area contributed by atoms with Crippen LogP contribution in [0.25, 0.3) is 0 Å². The monoisotopic (exact) mass is 378 g/mol. The molecule has 4 nitrogen and oxygen atoms in total. The summed E-state index contributed by atoms with van der Waals surface area (Å²) < 4.78 is 0. The first-order valence-corrected chi connectivity index (χ1v) is 8.93. The van der Waals surface area contributed by atoms with Gasteiger partial charge in [0, 0.05) is 49.2 Å². The molecule has 2 aromatic rings. The van der Waals surface area contributed by atoms with Crippen molar-refractivity contribution in [2.24, 2.45) is 0 Å². The number of benzene rings is 2. The van der Waals surface area contributed by atoms with Crippen LogP contribution in [-0.2, 0) is 6.54 Å². The average molecular weight is 379 g/mol. The molecule has 132 valence electrons. The highest BCUT2D eigenvalue weighted by Crippen LogP contribution is 2.38. The molecule has 0 aromatic heterocycles. The molecule has 2 aromatic carbocycles. The van der Waals surface area contributed by atoms with Crippen LogP contribution >= 0.6 is 23.2 Å². The van der Waals surface area contributed by atoms with E-state index in [1.54, 1.807) is 30.4 Å². The van der Waals surface area contributed by atoms with Crippen LogP contribution in [0.5, 0.6) is 0 Å². The van der Waals surface area contributed by atoms with Crippen LogP contribution in [0.1, 0.15) is 22.6 Å². The summed E-state index contributed by atoms with van der Waals surface area (Å²) in [5, 5.41) is 3.02. The van der Waals surface area contributed by atoms with Gasteiger partial charge in [0.2, 0.25) is 0 Å². The molecular weight excluding hydrogens is 357 g/mol. The molecule has 0 saturated heterocycles. The molecule has 0 spiro atoms. The number of amides is 2. The molecule has 6 heteroatoms. The van der Waals surface area contributed by atoms with Gasteiger partial charge in [0.05, 0.1) is 0 Å². The van der Waals surface area contributed by atoms with E-state index in [-0.39, 0.29) is 11.9 Å². The number of quaternary nitrogens is 1. The summed E-state index contributed by atoms with van der Waals surface area (Å²) >= 11 is 12.7. The Morgan fingerprint density at radius 2 is 2.00 bits per heavy atom.